The highest BCUT2D eigenvalue weighted by Gasteiger charge is 2.09. The Morgan fingerprint density at radius 2 is 1.85 bits per heavy atom. The molecule has 0 aliphatic rings. The summed E-state index contributed by atoms with van der Waals surface area (Å²) in [6.45, 7) is 2.47. The summed E-state index contributed by atoms with van der Waals surface area (Å²) in [6, 6.07) is 16.0. The normalized spacial score (nSPS) is 10.9. The summed E-state index contributed by atoms with van der Waals surface area (Å²) in [7, 11) is 0. The van der Waals surface area contributed by atoms with Crippen LogP contribution >= 0.6 is 22.6 Å². The Kier molecular flexibility index (Phi) is 3.61. The first-order valence-electron chi connectivity index (χ1n) is 6.48. The zero-order valence-electron chi connectivity index (χ0n) is 11.1. The smallest absolute Gasteiger partial charge is 0.182 e. The molecule has 0 saturated carbocycles. The number of fused-ring (bicyclic) bond motifs is 1. The van der Waals surface area contributed by atoms with E-state index < -0.39 is 0 Å². The van der Waals surface area contributed by atoms with Gasteiger partial charge >= 0.3 is 0 Å². The summed E-state index contributed by atoms with van der Waals surface area (Å²) in [5, 5.41) is 1.21. The van der Waals surface area contributed by atoms with Crippen molar-refractivity contribution in [3.05, 3.63) is 69.4 Å². The van der Waals surface area contributed by atoms with E-state index in [2.05, 4.69) is 47.7 Å². The van der Waals surface area contributed by atoms with E-state index in [9.17, 15) is 4.79 Å². The van der Waals surface area contributed by atoms with Gasteiger partial charge in [-0.2, -0.15) is 0 Å². The lowest BCUT2D eigenvalue weighted by molar-refractivity contribution is 0.0973. The van der Waals surface area contributed by atoms with Crippen molar-refractivity contribution in [3.63, 3.8) is 0 Å². The molecular weight excluding hydrogens is 361 g/mol. The highest BCUT2D eigenvalue weighted by Crippen LogP contribution is 2.20. The van der Waals surface area contributed by atoms with Crippen LogP contribution in [0.15, 0.2) is 54.7 Å². The van der Waals surface area contributed by atoms with Crippen molar-refractivity contribution in [3.8, 4) is 0 Å². The number of halogens is 1. The van der Waals surface area contributed by atoms with Crippen molar-refractivity contribution in [2.24, 2.45) is 0 Å². The second-order valence-electron chi connectivity index (χ2n) is 4.88. The molecule has 0 atom stereocenters. The zero-order valence-corrected chi connectivity index (χ0v) is 13.3. The van der Waals surface area contributed by atoms with Crippen molar-refractivity contribution in [2.45, 2.75) is 13.5 Å². The van der Waals surface area contributed by atoms with Gasteiger partial charge in [0.15, 0.2) is 5.78 Å². The number of nitrogens with zero attached hydrogens (tertiary/aromatic N) is 1. The van der Waals surface area contributed by atoms with E-state index in [-0.39, 0.29) is 5.78 Å². The maximum Gasteiger partial charge on any atom is 0.182 e. The summed E-state index contributed by atoms with van der Waals surface area (Å²) in [6.07, 6.45) is 1.99. The number of carbonyl (C=O) groups is 1. The predicted octanol–water partition coefficient (Wildman–Crippen LogP) is 4.44. The molecule has 0 fully saturated rings. The van der Waals surface area contributed by atoms with Gasteiger partial charge in [-0.3, -0.25) is 4.79 Å². The minimum absolute atomic E-state index is 0.139. The fourth-order valence-electron chi connectivity index (χ4n) is 2.40. The lowest BCUT2D eigenvalue weighted by Gasteiger charge is -2.06. The Morgan fingerprint density at radius 3 is 2.60 bits per heavy atom. The van der Waals surface area contributed by atoms with Gasteiger partial charge in [0, 0.05) is 26.2 Å². The van der Waals surface area contributed by atoms with Crippen LogP contribution in [0.5, 0.6) is 0 Å². The van der Waals surface area contributed by atoms with Crippen LogP contribution in [0.25, 0.3) is 10.9 Å². The highest BCUT2D eigenvalue weighted by molar-refractivity contribution is 14.1. The van der Waals surface area contributed by atoms with Crippen LogP contribution in [0, 0.1) is 10.5 Å². The lowest BCUT2D eigenvalue weighted by atomic mass is 10.1. The molecule has 3 heteroatoms. The van der Waals surface area contributed by atoms with E-state index >= 15 is 0 Å². The molecule has 0 bridgehead atoms. The number of ketones is 1. The van der Waals surface area contributed by atoms with Gasteiger partial charge in [0.25, 0.3) is 0 Å². The molecule has 3 aromatic rings. The molecule has 0 saturated heterocycles. The van der Waals surface area contributed by atoms with Gasteiger partial charge in [-0.15, -0.1) is 0 Å². The number of benzene rings is 2. The van der Waals surface area contributed by atoms with E-state index in [4.69, 9.17) is 0 Å². The molecule has 2 aromatic carbocycles. The van der Waals surface area contributed by atoms with E-state index in [0.717, 1.165) is 14.7 Å². The highest BCUT2D eigenvalue weighted by atomic mass is 127. The van der Waals surface area contributed by atoms with Crippen molar-refractivity contribution in [1.29, 1.82) is 0 Å². The zero-order chi connectivity index (χ0) is 14.1. The van der Waals surface area contributed by atoms with Gasteiger partial charge in [-0.1, -0.05) is 24.3 Å². The second kappa shape index (κ2) is 5.40. The number of aryl methyl sites for hydroxylation is 1. The number of hydrogen-bond donors (Lipinski definition) is 0. The quantitative estimate of drug-likeness (QED) is 0.490. The molecule has 0 unspecified atom stereocenters. The Bertz CT molecular complexity index is 771. The summed E-state index contributed by atoms with van der Waals surface area (Å²) in [5.41, 5.74) is 3.12. The molecule has 100 valence electrons. The third kappa shape index (κ3) is 2.50. The van der Waals surface area contributed by atoms with Gasteiger partial charge in [0.05, 0.1) is 6.54 Å². The minimum atomic E-state index is 0.139. The lowest BCUT2D eigenvalue weighted by Crippen LogP contribution is -2.09. The van der Waals surface area contributed by atoms with E-state index in [1.807, 2.05) is 41.1 Å². The first-order chi connectivity index (χ1) is 9.65. The van der Waals surface area contributed by atoms with Crippen LogP contribution in [-0.4, -0.2) is 10.4 Å². The van der Waals surface area contributed by atoms with E-state index in [1.165, 1.54) is 10.9 Å². The summed E-state index contributed by atoms with van der Waals surface area (Å²) >= 11 is 2.24. The Morgan fingerprint density at radius 1 is 1.10 bits per heavy atom. The first-order valence-corrected chi connectivity index (χ1v) is 7.56. The molecule has 0 spiro atoms. The van der Waals surface area contributed by atoms with E-state index in [1.54, 1.807) is 0 Å². The van der Waals surface area contributed by atoms with Crippen molar-refractivity contribution in [2.75, 3.05) is 0 Å². The maximum absolute atomic E-state index is 12.3. The monoisotopic (exact) mass is 375 g/mol. The fraction of sp³-hybridized carbons (Fsp3) is 0.118. The van der Waals surface area contributed by atoms with Gasteiger partial charge in [-0.25, -0.2) is 0 Å². The molecule has 20 heavy (non-hydrogen) atoms. The van der Waals surface area contributed by atoms with Crippen LogP contribution in [0.1, 0.15) is 15.9 Å². The third-order valence-corrected chi connectivity index (χ3v) is 4.23. The number of hydrogen-bond acceptors (Lipinski definition) is 1. The molecular formula is C17H14INO. The SMILES string of the molecule is Cc1cccc2c1ccn2CC(=O)c1ccc(I)cc1. The molecule has 2 nitrogen and oxygen atoms in total. The predicted molar refractivity (Wildman–Crippen MR) is 90.2 cm³/mol. The second-order valence-corrected chi connectivity index (χ2v) is 6.13. The molecule has 0 N–H and O–H groups in total. The number of carbonyl (C=O) groups excluding carboxylic acids is 1. The van der Waals surface area contributed by atoms with Gasteiger partial charge in [0.2, 0.25) is 0 Å². The molecule has 0 aliphatic carbocycles. The third-order valence-electron chi connectivity index (χ3n) is 3.51. The van der Waals surface area contributed by atoms with Crippen molar-refractivity contribution in [1.82, 2.24) is 4.57 Å². The summed E-state index contributed by atoms with van der Waals surface area (Å²) in [4.78, 5) is 12.3. The van der Waals surface area contributed by atoms with Crippen LogP contribution < -0.4 is 0 Å². The molecule has 0 aliphatic heterocycles. The fourth-order valence-corrected chi connectivity index (χ4v) is 2.76. The summed E-state index contributed by atoms with van der Waals surface area (Å²) in [5.74, 6) is 0.139. The number of Topliss-reactive ketones (excluding diaryl/α,β-unsaturated/α-hetero) is 1. The average Bonchev–Trinajstić information content (AvgIpc) is 2.84. The Hall–Kier alpha value is -1.62. The molecule has 1 aromatic heterocycles. The standard InChI is InChI=1S/C17H14INO/c1-12-3-2-4-16-15(12)9-10-19(16)11-17(20)13-5-7-14(18)8-6-13/h2-10H,11H2,1H3. The van der Waals surface area contributed by atoms with Crippen molar-refractivity contribution < 1.29 is 4.79 Å². The minimum Gasteiger partial charge on any atom is -0.340 e. The molecule has 1 heterocycles. The first kappa shape index (κ1) is 13.4. The number of rotatable bonds is 3. The molecule has 0 radical (unpaired) electrons. The van der Waals surface area contributed by atoms with Crippen molar-refractivity contribution >= 4 is 39.3 Å². The van der Waals surface area contributed by atoms with Crippen LogP contribution in [0.2, 0.25) is 0 Å². The van der Waals surface area contributed by atoms with E-state index in [0.29, 0.717) is 6.54 Å². The average molecular weight is 375 g/mol. The van der Waals surface area contributed by atoms with Crippen LogP contribution in [-0.2, 0) is 6.54 Å². The van der Waals surface area contributed by atoms with Gasteiger partial charge in [0.1, 0.15) is 0 Å². The Balaban J connectivity index is 1.91. The maximum atomic E-state index is 12.3. The van der Waals surface area contributed by atoms with Crippen LogP contribution in [0.4, 0.5) is 0 Å². The van der Waals surface area contributed by atoms with Gasteiger partial charge in [-0.05, 0) is 59.3 Å². The number of aromatic nitrogens is 1. The van der Waals surface area contributed by atoms with Crippen LogP contribution in [0.3, 0.4) is 0 Å². The Labute approximate surface area is 131 Å². The molecule has 0 amide bonds. The summed E-state index contributed by atoms with van der Waals surface area (Å²) < 4.78 is 3.16. The van der Waals surface area contributed by atoms with Gasteiger partial charge < -0.3 is 4.57 Å². The largest absolute Gasteiger partial charge is 0.340 e. The topological polar surface area (TPSA) is 22.0 Å². The molecule has 3 rings (SSSR count).